The maximum Gasteiger partial charge on any atom is 0.223 e. The summed E-state index contributed by atoms with van der Waals surface area (Å²) in [6.07, 6.45) is 3.24. The van der Waals surface area contributed by atoms with Gasteiger partial charge in [0.1, 0.15) is 0 Å². The largest absolute Gasteiger partial charge is 0.383 e. The molecule has 0 radical (unpaired) electrons. The van der Waals surface area contributed by atoms with Gasteiger partial charge in [-0.1, -0.05) is 6.42 Å². The van der Waals surface area contributed by atoms with Crippen LogP contribution in [-0.4, -0.2) is 31.5 Å². The van der Waals surface area contributed by atoms with Gasteiger partial charge in [0.15, 0.2) is 0 Å². The Labute approximate surface area is 83.8 Å². The molecule has 4 heteroatoms. The van der Waals surface area contributed by atoms with E-state index >= 15 is 0 Å². The minimum Gasteiger partial charge on any atom is -0.383 e. The Balaban J connectivity index is 2.06. The molecule has 0 aromatic heterocycles. The Morgan fingerprint density at radius 3 is 2.85 bits per heavy atom. The van der Waals surface area contributed by atoms with Crippen molar-refractivity contribution in [2.24, 2.45) is 5.92 Å². The summed E-state index contributed by atoms with van der Waals surface area (Å²) >= 11 is 5.85. The molecule has 0 aromatic rings. The molecule has 1 N–H and O–H groups in total. The van der Waals surface area contributed by atoms with Gasteiger partial charge in [0.05, 0.1) is 12.0 Å². The van der Waals surface area contributed by atoms with Crippen molar-refractivity contribution >= 4 is 17.5 Å². The highest BCUT2D eigenvalue weighted by atomic mass is 35.5. The molecular weight excluding hydrogens is 190 g/mol. The topological polar surface area (TPSA) is 38.3 Å². The zero-order valence-corrected chi connectivity index (χ0v) is 8.64. The number of halogens is 1. The second-order valence-corrected chi connectivity index (χ2v) is 4.04. The molecule has 0 aromatic carbocycles. The van der Waals surface area contributed by atoms with Crippen LogP contribution in [0, 0.1) is 5.92 Å². The van der Waals surface area contributed by atoms with Crippen LogP contribution in [0.4, 0.5) is 0 Å². The van der Waals surface area contributed by atoms with Crippen molar-refractivity contribution in [1.29, 1.82) is 0 Å². The van der Waals surface area contributed by atoms with E-state index in [0.717, 1.165) is 12.8 Å². The number of carbonyl (C=O) groups is 1. The molecule has 1 saturated carbocycles. The molecule has 1 aliphatic rings. The van der Waals surface area contributed by atoms with E-state index in [1.807, 2.05) is 0 Å². The highest BCUT2D eigenvalue weighted by Crippen LogP contribution is 2.26. The third-order valence-corrected chi connectivity index (χ3v) is 2.60. The third-order valence-electron chi connectivity index (χ3n) is 2.32. The molecule has 0 heterocycles. The van der Waals surface area contributed by atoms with Crippen LogP contribution in [0.15, 0.2) is 0 Å². The number of amides is 1. The SMILES string of the molecule is COCC(Cl)CNC(=O)C1CCC1. The maximum absolute atomic E-state index is 11.3. The molecule has 76 valence electrons. The van der Waals surface area contributed by atoms with Gasteiger partial charge >= 0.3 is 0 Å². The summed E-state index contributed by atoms with van der Waals surface area (Å²) in [6.45, 7) is 0.983. The van der Waals surface area contributed by atoms with Crippen LogP contribution in [-0.2, 0) is 9.53 Å². The highest BCUT2D eigenvalue weighted by molar-refractivity contribution is 6.21. The van der Waals surface area contributed by atoms with Gasteiger partial charge in [0.2, 0.25) is 5.91 Å². The van der Waals surface area contributed by atoms with Gasteiger partial charge in [0, 0.05) is 19.6 Å². The molecule has 0 spiro atoms. The average Bonchev–Trinajstić information content (AvgIpc) is 1.98. The van der Waals surface area contributed by atoms with E-state index in [4.69, 9.17) is 16.3 Å². The summed E-state index contributed by atoms with van der Waals surface area (Å²) in [4.78, 5) is 11.3. The van der Waals surface area contributed by atoms with E-state index in [2.05, 4.69) is 5.32 Å². The lowest BCUT2D eigenvalue weighted by molar-refractivity contribution is -0.127. The normalized spacial score (nSPS) is 19.2. The van der Waals surface area contributed by atoms with Crippen LogP contribution in [0.2, 0.25) is 0 Å². The first kappa shape index (κ1) is 10.8. The first-order valence-electron chi connectivity index (χ1n) is 4.64. The average molecular weight is 206 g/mol. The monoisotopic (exact) mass is 205 g/mol. The lowest BCUT2D eigenvalue weighted by Crippen LogP contribution is -2.38. The lowest BCUT2D eigenvalue weighted by Gasteiger charge is -2.24. The lowest BCUT2D eigenvalue weighted by atomic mass is 9.85. The fourth-order valence-electron chi connectivity index (χ4n) is 1.27. The number of hydrogen-bond acceptors (Lipinski definition) is 2. The Bertz CT molecular complexity index is 171. The van der Waals surface area contributed by atoms with Crippen LogP contribution in [0.5, 0.6) is 0 Å². The van der Waals surface area contributed by atoms with Crippen molar-refractivity contribution < 1.29 is 9.53 Å². The van der Waals surface area contributed by atoms with Crippen molar-refractivity contribution in [3.63, 3.8) is 0 Å². The van der Waals surface area contributed by atoms with Crippen LogP contribution < -0.4 is 5.32 Å². The van der Waals surface area contributed by atoms with Gasteiger partial charge in [-0.05, 0) is 12.8 Å². The summed E-state index contributed by atoms with van der Waals surface area (Å²) in [5, 5.41) is 2.70. The number of nitrogens with one attached hydrogen (secondary N) is 1. The van der Waals surface area contributed by atoms with E-state index in [1.165, 1.54) is 6.42 Å². The zero-order valence-electron chi connectivity index (χ0n) is 7.88. The highest BCUT2D eigenvalue weighted by Gasteiger charge is 2.25. The molecule has 1 aliphatic carbocycles. The summed E-state index contributed by atoms with van der Waals surface area (Å²) < 4.78 is 4.85. The fraction of sp³-hybridized carbons (Fsp3) is 0.889. The van der Waals surface area contributed by atoms with Gasteiger partial charge in [-0.2, -0.15) is 0 Å². The first-order chi connectivity index (χ1) is 6.24. The number of rotatable bonds is 5. The van der Waals surface area contributed by atoms with E-state index in [9.17, 15) is 4.79 Å². The van der Waals surface area contributed by atoms with E-state index < -0.39 is 0 Å². The summed E-state index contributed by atoms with van der Waals surface area (Å²) in [7, 11) is 1.60. The third kappa shape index (κ3) is 3.53. The van der Waals surface area contributed by atoms with Crippen molar-refractivity contribution in [3.8, 4) is 0 Å². The molecule has 1 fully saturated rings. The predicted octanol–water partition coefficient (Wildman–Crippen LogP) is 1.16. The van der Waals surface area contributed by atoms with Crippen molar-refractivity contribution in [1.82, 2.24) is 5.32 Å². The minimum atomic E-state index is -0.117. The Kier molecular flexibility index (Phi) is 4.53. The van der Waals surface area contributed by atoms with E-state index in [-0.39, 0.29) is 17.2 Å². The molecule has 0 saturated heterocycles. The van der Waals surface area contributed by atoms with Gasteiger partial charge in [0.25, 0.3) is 0 Å². The fourth-order valence-corrected chi connectivity index (χ4v) is 1.47. The van der Waals surface area contributed by atoms with Crippen LogP contribution in [0.3, 0.4) is 0 Å². The summed E-state index contributed by atoms with van der Waals surface area (Å²) in [5.74, 6) is 0.388. The Hall–Kier alpha value is -0.280. The minimum absolute atomic E-state index is 0.117. The number of carbonyl (C=O) groups excluding carboxylic acids is 1. The van der Waals surface area contributed by atoms with Gasteiger partial charge in [-0.3, -0.25) is 4.79 Å². The second-order valence-electron chi connectivity index (χ2n) is 3.43. The smallest absolute Gasteiger partial charge is 0.223 e. The molecule has 0 bridgehead atoms. The quantitative estimate of drug-likeness (QED) is 0.684. The Morgan fingerprint density at radius 2 is 2.38 bits per heavy atom. The molecule has 1 unspecified atom stereocenters. The van der Waals surface area contributed by atoms with Crippen LogP contribution in [0.25, 0.3) is 0 Å². The number of ether oxygens (including phenoxy) is 1. The predicted molar refractivity (Wildman–Crippen MR) is 51.9 cm³/mol. The molecule has 0 aliphatic heterocycles. The van der Waals surface area contributed by atoms with E-state index in [1.54, 1.807) is 7.11 Å². The number of hydrogen-bond donors (Lipinski definition) is 1. The summed E-state index contributed by atoms with van der Waals surface area (Å²) in [5.41, 5.74) is 0. The van der Waals surface area contributed by atoms with Crippen LogP contribution in [0.1, 0.15) is 19.3 Å². The van der Waals surface area contributed by atoms with Crippen molar-refractivity contribution in [2.45, 2.75) is 24.6 Å². The zero-order chi connectivity index (χ0) is 9.68. The molecule has 1 atom stereocenters. The molecule has 1 rings (SSSR count). The molecule has 3 nitrogen and oxygen atoms in total. The van der Waals surface area contributed by atoms with Gasteiger partial charge in [-0.25, -0.2) is 0 Å². The first-order valence-corrected chi connectivity index (χ1v) is 5.08. The second kappa shape index (κ2) is 5.45. The molecular formula is C9H16ClNO2. The van der Waals surface area contributed by atoms with Gasteiger partial charge in [-0.15, -0.1) is 11.6 Å². The van der Waals surface area contributed by atoms with Crippen molar-refractivity contribution in [2.75, 3.05) is 20.3 Å². The number of alkyl halides is 1. The standard InChI is InChI=1S/C9H16ClNO2/c1-13-6-8(10)5-11-9(12)7-3-2-4-7/h7-8H,2-6H2,1H3,(H,11,12). The number of methoxy groups -OCH3 is 1. The Morgan fingerprint density at radius 1 is 1.69 bits per heavy atom. The molecule has 13 heavy (non-hydrogen) atoms. The van der Waals surface area contributed by atoms with Gasteiger partial charge < -0.3 is 10.1 Å². The van der Waals surface area contributed by atoms with Crippen LogP contribution >= 0.6 is 11.6 Å². The summed E-state index contributed by atoms with van der Waals surface area (Å²) in [6, 6.07) is 0. The maximum atomic E-state index is 11.3. The van der Waals surface area contributed by atoms with E-state index in [0.29, 0.717) is 13.2 Å². The molecule has 1 amide bonds. The van der Waals surface area contributed by atoms with Crippen molar-refractivity contribution in [3.05, 3.63) is 0 Å².